The molecular weight excluding hydrogens is 210 g/mol. The monoisotopic (exact) mass is 223 g/mol. The van der Waals surface area contributed by atoms with Crippen molar-refractivity contribution >= 4 is 17.8 Å². The molecule has 86 valence electrons. The van der Waals surface area contributed by atoms with E-state index in [0.29, 0.717) is 0 Å². The largest absolute Gasteiger partial charge is 0.506 e. The average Bonchev–Trinajstić information content (AvgIpc) is 2.64. The molecule has 2 aromatic rings. The molecule has 6 nitrogen and oxygen atoms in total. The quantitative estimate of drug-likeness (QED) is 0.699. The van der Waals surface area contributed by atoms with Gasteiger partial charge in [-0.25, -0.2) is 4.52 Å². The molecule has 0 aliphatic rings. The first-order valence-electron chi connectivity index (χ1n) is 4.52. The molecule has 2 heterocycles. The summed E-state index contributed by atoms with van der Waals surface area (Å²) in [7, 11) is 3.83. The molecule has 0 spiro atoms. The predicted octanol–water partition coefficient (Wildman–Crippen LogP) is 0.807. The molecular formula is C10H13N3O3. The second-order valence-corrected chi connectivity index (χ2v) is 3.23. The van der Waals surface area contributed by atoms with Crippen molar-refractivity contribution in [2.45, 2.75) is 0 Å². The van der Waals surface area contributed by atoms with Gasteiger partial charge in [0.2, 0.25) is 0 Å². The van der Waals surface area contributed by atoms with E-state index < -0.39 is 0 Å². The van der Waals surface area contributed by atoms with Gasteiger partial charge in [-0.05, 0) is 12.1 Å². The minimum absolute atomic E-state index is 0.250. The molecule has 0 fully saturated rings. The van der Waals surface area contributed by atoms with Crippen molar-refractivity contribution in [3.8, 4) is 5.75 Å². The van der Waals surface area contributed by atoms with Crippen molar-refractivity contribution < 1.29 is 15.0 Å². The molecule has 0 unspecified atom stereocenters. The Morgan fingerprint density at radius 3 is 2.62 bits per heavy atom. The molecule has 0 aliphatic heterocycles. The molecule has 0 atom stereocenters. The van der Waals surface area contributed by atoms with Gasteiger partial charge in [-0.3, -0.25) is 4.79 Å². The third-order valence-electron chi connectivity index (χ3n) is 1.92. The Balaban J connectivity index is 0.000000386. The van der Waals surface area contributed by atoms with Gasteiger partial charge in [-0.1, -0.05) is 0 Å². The Morgan fingerprint density at radius 1 is 1.50 bits per heavy atom. The van der Waals surface area contributed by atoms with E-state index in [1.165, 1.54) is 0 Å². The van der Waals surface area contributed by atoms with Gasteiger partial charge in [-0.15, -0.1) is 0 Å². The molecule has 0 saturated heterocycles. The lowest BCUT2D eigenvalue weighted by atomic mass is 10.4. The van der Waals surface area contributed by atoms with Gasteiger partial charge >= 0.3 is 0 Å². The Morgan fingerprint density at radius 2 is 2.12 bits per heavy atom. The standard InChI is InChI=1S/C9H11N3O.CH2O2/c1-11(2)9-6-7-8(13)4-3-5-12(7)10-9;2-1-3/h3-6,13H,1-2H3;1H,(H,2,3). The van der Waals surface area contributed by atoms with Gasteiger partial charge in [0.25, 0.3) is 6.47 Å². The minimum Gasteiger partial charge on any atom is -0.506 e. The highest BCUT2D eigenvalue weighted by Gasteiger charge is 2.05. The van der Waals surface area contributed by atoms with Gasteiger partial charge in [-0.2, -0.15) is 5.10 Å². The second-order valence-electron chi connectivity index (χ2n) is 3.23. The average molecular weight is 223 g/mol. The van der Waals surface area contributed by atoms with Crippen LogP contribution in [-0.4, -0.2) is 40.4 Å². The topological polar surface area (TPSA) is 78.1 Å². The number of carboxylic acid groups (broad SMARTS) is 1. The zero-order valence-corrected chi connectivity index (χ0v) is 9.03. The van der Waals surface area contributed by atoms with Gasteiger partial charge < -0.3 is 15.1 Å². The number of pyridine rings is 1. The zero-order chi connectivity index (χ0) is 12.1. The SMILES string of the molecule is CN(C)c1cc2c(O)cccn2n1.O=CO. The van der Waals surface area contributed by atoms with Crippen LogP contribution in [0, 0.1) is 0 Å². The summed E-state index contributed by atoms with van der Waals surface area (Å²) in [6, 6.07) is 5.25. The van der Waals surface area contributed by atoms with E-state index in [9.17, 15) is 5.11 Å². The van der Waals surface area contributed by atoms with Crippen LogP contribution in [0.2, 0.25) is 0 Å². The fraction of sp³-hybridized carbons (Fsp3) is 0.200. The van der Waals surface area contributed by atoms with E-state index in [0.717, 1.165) is 11.3 Å². The van der Waals surface area contributed by atoms with Crippen molar-refractivity contribution in [1.29, 1.82) is 0 Å². The maximum Gasteiger partial charge on any atom is 0.290 e. The first-order chi connectivity index (χ1) is 7.60. The van der Waals surface area contributed by atoms with Crippen molar-refractivity contribution in [1.82, 2.24) is 9.61 Å². The van der Waals surface area contributed by atoms with Gasteiger partial charge in [0.1, 0.15) is 11.3 Å². The molecule has 0 radical (unpaired) electrons. The molecule has 0 saturated carbocycles. The van der Waals surface area contributed by atoms with Crippen LogP contribution in [-0.2, 0) is 4.79 Å². The molecule has 2 rings (SSSR count). The van der Waals surface area contributed by atoms with Gasteiger partial charge in [0.05, 0.1) is 0 Å². The van der Waals surface area contributed by atoms with Crippen LogP contribution in [0.4, 0.5) is 5.82 Å². The zero-order valence-electron chi connectivity index (χ0n) is 9.03. The molecule has 0 aliphatic carbocycles. The Hall–Kier alpha value is -2.24. The summed E-state index contributed by atoms with van der Waals surface area (Å²) < 4.78 is 1.66. The van der Waals surface area contributed by atoms with Crippen molar-refractivity contribution in [2.75, 3.05) is 19.0 Å². The van der Waals surface area contributed by atoms with Crippen molar-refractivity contribution in [3.05, 3.63) is 24.4 Å². The maximum atomic E-state index is 9.49. The molecule has 0 bridgehead atoms. The number of aromatic hydroxyl groups is 1. The van der Waals surface area contributed by atoms with Crippen LogP contribution in [0.1, 0.15) is 0 Å². The second kappa shape index (κ2) is 5.01. The number of carbonyl (C=O) groups is 1. The predicted molar refractivity (Wildman–Crippen MR) is 59.9 cm³/mol. The fourth-order valence-corrected chi connectivity index (χ4v) is 1.21. The normalized spacial score (nSPS) is 9.38. The maximum absolute atomic E-state index is 9.49. The van der Waals surface area contributed by atoms with Gasteiger partial charge in [0, 0.05) is 26.4 Å². The molecule has 2 N–H and O–H groups in total. The molecule has 0 amide bonds. The van der Waals surface area contributed by atoms with Crippen LogP contribution in [0.25, 0.3) is 5.52 Å². The summed E-state index contributed by atoms with van der Waals surface area (Å²) in [6.07, 6.45) is 1.81. The van der Waals surface area contributed by atoms with Gasteiger partial charge in [0.15, 0.2) is 5.82 Å². The van der Waals surface area contributed by atoms with Crippen LogP contribution in [0.5, 0.6) is 5.75 Å². The number of rotatable bonds is 1. The smallest absolute Gasteiger partial charge is 0.290 e. The van der Waals surface area contributed by atoms with Crippen LogP contribution >= 0.6 is 0 Å². The van der Waals surface area contributed by atoms with E-state index in [1.807, 2.05) is 31.3 Å². The highest BCUT2D eigenvalue weighted by Crippen LogP contribution is 2.21. The van der Waals surface area contributed by atoms with E-state index >= 15 is 0 Å². The summed E-state index contributed by atoms with van der Waals surface area (Å²) in [4.78, 5) is 10.3. The number of aromatic nitrogens is 2. The Labute approximate surface area is 92.3 Å². The van der Waals surface area contributed by atoms with Crippen molar-refractivity contribution in [2.24, 2.45) is 0 Å². The minimum atomic E-state index is -0.250. The van der Waals surface area contributed by atoms with E-state index in [-0.39, 0.29) is 12.2 Å². The highest BCUT2D eigenvalue weighted by molar-refractivity contribution is 5.64. The van der Waals surface area contributed by atoms with Crippen molar-refractivity contribution in [3.63, 3.8) is 0 Å². The lowest BCUT2D eigenvalue weighted by molar-refractivity contribution is -0.122. The highest BCUT2D eigenvalue weighted by atomic mass is 16.3. The number of hydrogen-bond donors (Lipinski definition) is 2. The molecule has 6 heteroatoms. The number of hydrogen-bond acceptors (Lipinski definition) is 4. The van der Waals surface area contributed by atoms with Crippen LogP contribution in [0.15, 0.2) is 24.4 Å². The summed E-state index contributed by atoms with van der Waals surface area (Å²) in [5, 5.41) is 20.6. The Kier molecular flexibility index (Phi) is 3.71. The third-order valence-corrected chi connectivity index (χ3v) is 1.92. The summed E-state index contributed by atoms with van der Waals surface area (Å²) in [5.74, 6) is 1.09. The number of anilines is 1. The van der Waals surface area contributed by atoms with Crippen LogP contribution < -0.4 is 4.90 Å². The summed E-state index contributed by atoms with van der Waals surface area (Å²) in [6.45, 7) is -0.250. The summed E-state index contributed by atoms with van der Waals surface area (Å²) in [5.41, 5.74) is 0.728. The first kappa shape index (κ1) is 11.8. The Bertz CT molecular complexity index is 479. The molecule has 2 aromatic heterocycles. The van der Waals surface area contributed by atoms with Crippen LogP contribution in [0.3, 0.4) is 0 Å². The molecule has 16 heavy (non-hydrogen) atoms. The molecule has 0 aromatic carbocycles. The fourth-order valence-electron chi connectivity index (χ4n) is 1.21. The van der Waals surface area contributed by atoms with E-state index in [1.54, 1.807) is 16.6 Å². The van der Waals surface area contributed by atoms with E-state index in [4.69, 9.17) is 9.90 Å². The lowest BCUT2D eigenvalue weighted by Gasteiger charge is -2.05. The number of fused-ring (bicyclic) bond motifs is 1. The first-order valence-corrected chi connectivity index (χ1v) is 4.52. The number of nitrogens with zero attached hydrogens (tertiary/aromatic N) is 3. The summed E-state index contributed by atoms with van der Waals surface area (Å²) >= 11 is 0. The van der Waals surface area contributed by atoms with E-state index in [2.05, 4.69) is 5.10 Å². The third kappa shape index (κ3) is 2.41. The lowest BCUT2D eigenvalue weighted by Crippen LogP contribution is -2.08.